The number of fused-ring (bicyclic) bond motifs is 1. The lowest BCUT2D eigenvalue weighted by atomic mass is 9.75. The smallest absolute Gasteiger partial charge is 0.125 e. The summed E-state index contributed by atoms with van der Waals surface area (Å²) in [5.41, 5.74) is 3.63. The highest BCUT2D eigenvalue weighted by Crippen LogP contribution is 2.39. The molecule has 0 spiro atoms. The number of aliphatic hydroxyl groups is 1. The Morgan fingerprint density at radius 3 is 2.57 bits per heavy atom. The van der Waals surface area contributed by atoms with Crippen molar-refractivity contribution in [2.24, 2.45) is 0 Å². The molecule has 1 heterocycles. The van der Waals surface area contributed by atoms with Crippen molar-refractivity contribution < 1.29 is 9.84 Å². The van der Waals surface area contributed by atoms with E-state index in [-0.39, 0.29) is 6.04 Å². The van der Waals surface area contributed by atoms with Gasteiger partial charge in [-0.3, -0.25) is 0 Å². The zero-order valence-electron chi connectivity index (χ0n) is 13.4. The third-order valence-corrected chi connectivity index (χ3v) is 5.17. The molecule has 4 rings (SSSR count). The van der Waals surface area contributed by atoms with Gasteiger partial charge in [0, 0.05) is 11.6 Å². The highest BCUT2D eigenvalue weighted by atomic mass is 16.5. The molecule has 2 aromatic rings. The predicted molar refractivity (Wildman–Crippen MR) is 90.8 cm³/mol. The normalized spacial score (nSPS) is 29.3. The summed E-state index contributed by atoms with van der Waals surface area (Å²) >= 11 is 0. The summed E-state index contributed by atoms with van der Waals surface area (Å²) in [7, 11) is 0. The summed E-state index contributed by atoms with van der Waals surface area (Å²) in [6.45, 7) is 2.65. The van der Waals surface area contributed by atoms with E-state index in [1.165, 1.54) is 11.1 Å². The Hall–Kier alpha value is -1.84. The molecule has 3 heteroatoms. The van der Waals surface area contributed by atoms with Crippen LogP contribution in [0.1, 0.15) is 41.6 Å². The topological polar surface area (TPSA) is 41.5 Å². The number of para-hydroxylation sites is 1. The van der Waals surface area contributed by atoms with E-state index in [4.69, 9.17) is 4.74 Å². The van der Waals surface area contributed by atoms with Crippen molar-refractivity contribution in [3.63, 3.8) is 0 Å². The molecule has 2 unspecified atom stereocenters. The summed E-state index contributed by atoms with van der Waals surface area (Å²) in [5.74, 6) is 1.45. The maximum Gasteiger partial charge on any atom is 0.125 e. The Bertz CT molecular complexity index is 676. The first-order valence-electron chi connectivity index (χ1n) is 8.43. The number of aliphatic hydroxyl groups excluding tert-OH is 1. The standard InChI is InChI=1S/C20H23NO2/c1-13-6-8-14(9-7-13)15-10-16(11-15)21-18-12-23-19-5-3-2-4-17(19)20(18)22/h2-9,15-16,18,20-22H,10-12H2,1H3. The highest BCUT2D eigenvalue weighted by Gasteiger charge is 2.36. The molecule has 2 aliphatic rings. The van der Waals surface area contributed by atoms with Crippen LogP contribution in [0.25, 0.3) is 0 Å². The molecule has 0 saturated heterocycles. The van der Waals surface area contributed by atoms with Crippen molar-refractivity contribution in [2.75, 3.05) is 6.61 Å². The minimum absolute atomic E-state index is 0.0196. The maximum atomic E-state index is 10.6. The van der Waals surface area contributed by atoms with Gasteiger partial charge in [-0.15, -0.1) is 0 Å². The lowest BCUT2D eigenvalue weighted by Crippen LogP contribution is -2.51. The van der Waals surface area contributed by atoms with Crippen LogP contribution in [0.15, 0.2) is 48.5 Å². The zero-order chi connectivity index (χ0) is 15.8. The van der Waals surface area contributed by atoms with E-state index < -0.39 is 6.10 Å². The molecule has 3 nitrogen and oxygen atoms in total. The Labute approximate surface area is 137 Å². The van der Waals surface area contributed by atoms with E-state index in [0.29, 0.717) is 18.6 Å². The Morgan fingerprint density at radius 1 is 1.04 bits per heavy atom. The van der Waals surface area contributed by atoms with Gasteiger partial charge in [-0.05, 0) is 37.3 Å². The summed E-state index contributed by atoms with van der Waals surface area (Å²) in [6, 6.07) is 17.1. The van der Waals surface area contributed by atoms with Crippen LogP contribution in [-0.2, 0) is 0 Å². The third kappa shape index (κ3) is 2.87. The van der Waals surface area contributed by atoms with Crippen molar-refractivity contribution in [2.45, 2.75) is 43.9 Å². The fourth-order valence-electron chi connectivity index (χ4n) is 3.65. The predicted octanol–water partition coefficient (Wildman–Crippen LogP) is 3.33. The second-order valence-corrected chi connectivity index (χ2v) is 6.84. The molecule has 2 atom stereocenters. The molecule has 23 heavy (non-hydrogen) atoms. The van der Waals surface area contributed by atoms with Crippen molar-refractivity contribution in [3.05, 3.63) is 65.2 Å². The van der Waals surface area contributed by atoms with Crippen LogP contribution in [0.4, 0.5) is 0 Å². The van der Waals surface area contributed by atoms with Crippen LogP contribution in [0, 0.1) is 6.92 Å². The van der Waals surface area contributed by atoms with Gasteiger partial charge in [0.2, 0.25) is 0 Å². The lowest BCUT2D eigenvalue weighted by Gasteiger charge is -2.41. The Morgan fingerprint density at radius 2 is 1.78 bits per heavy atom. The summed E-state index contributed by atoms with van der Waals surface area (Å²) in [4.78, 5) is 0. The quantitative estimate of drug-likeness (QED) is 0.914. The lowest BCUT2D eigenvalue weighted by molar-refractivity contribution is 0.0583. The van der Waals surface area contributed by atoms with Gasteiger partial charge >= 0.3 is 0 Å². The van der Waals surface area contributed by atoms with Crippen LogP contribution >= 0.6 is 0 Å². The van der Waals surface area contributed by atoms with Gasteiger partial charge < -0.3 is 15.2 Å². The number of aryl methyl sites for hydroxylation is 1. The molecule has 1 aliphatic heterocycles. The maximum absolute atomic E-state index is 10.6. The van der Waals surface area contributed by atoms with E-state index >= 15 is 0 Å². The monoisotopic (exact) mass is 309 g/mol. The van der Waals surface area contributed by atoms with Crippen LogP contribution < -0.4 is 10.1 Å². The summed E-state index contributed by atoms with van der Waals surface area (Å²) in [6.07, 6.45) is 1.78. The molecule has 0 amide bonds. The molecular formula is C20H23NO2. The number of hydrogen-bond donors (Lipinski definition) is 2. The number of hydrogen-bond acceptors (Lipinski definition) is 3. The second kappa shape index (κ2) is 5.99. The molecule has 0 bridgehead atoms. The minimum atomic E-state index is -0.488. The second-order valence-electron chi connectivity index (χ2n) is 6.84. The third-order valence-electron chi connectivity index (χ3n) is 5.17. The highest BCUT2D eigenvalue weighted by molar-refractivity contribution is 5.37. The van der Waals surface area contributed by atoms with Gasteiger partial charge in [0.25, 0.3) is 0 Å². The largest absolute Gasteiger partial charge is 0.491 e. The van der Waals surface area contributed by atoms with Gasteiger partial charge in [-0.1, -0.05) is 48.0 Å². The molecule has 1 saturated carbocycles. The summed E-state index contributed by atoms with van der Waals surface area (Å²) in [5, 5.41) is 14.1. The van der Waals surface area contributed by atoms with Gasteiger partial charge in [-0.2, -0.15) is 0 Å². The first kappa shape index (κ1) is 14.7. The van der Waals surface area contributed by atoms with E-state index in [1.54, 1.807) is 0 Å². The molecule has 2 aromatic carbocycles. The first-order valence-corrected chi connectivity index (χ1v) is 8.43. The molecule has 2 N–H and O–H groups in total. The average molecular weight is 309 g/mol. The molecule has 0 radical (unpaired) electrons. The van der Waals surface area contributed by atoms with Gasteiger partial charge in [0.1, 0.15) is 18.5 Å². The molecule has 1 aliphatic carbocycles. The fourth-order valence-corrected chi connectivity index (χ4v) is 3.65. The Kier molecular flexibility index (Phi) is 3.83. The molecule has 0 aromatic heterocycles. The van der Waals surface area contributed by atoms with Crippen molar-refractivity contribution >= 4 is 0 Å². The van der Waals surface area contributed by atoms with E-state index in [0.717, 1.165) is 24.2 Å². The number of benzene rings is 2. The van der Waals surface area contributed by atoms with Gasteiger partial charge in [0.05, 0.1) is 6.04 Å². The molecular weight excluding hydrogens is 286 g/mol. The van der Waals surface area contributed by atoms with Gasteiger partial charge in [-0.25, -0.2) is 0 Å². The van der Waals surface area contributed by atoms with Gasteiger partial charge in [0.15, 0.2) is 0 Å². The molecule has 120 valence electrons. The Balaban J connectivity index is 1.35. The van der Waals surface area contributed by atoms with E-state index in [1.807, 2.05) is 24.3 Å². The van der Waals surface area contributed by atoms with Crippen molar-refractivity contribution in [1.82, 2.24) is 5.32 Å². The first-order chi connectivity index (χ1) is 11.2. The van der Waals surface area contributed by atoms with Crippen molar-refractivity contribution in [3.8, 4) is 5.75 Å². The SMILES string of the molecule is Cc1ccc(C2CC(NC3COc4ccccc4C3O)C2)cc1. The number of rotatable bonds is 3. The van der Waals surface area contributed by atoms with E-state index in [9.17, 15) is 5.11 Å². The van der Waals surface area contributed by atoms with E-state index in [2.05, 4.69) is 36.5 Å². The molecule has 1 fully saturated rings. The van der Waals surface area contributed by atoms with Crippen LogP contribution in [-0.4, -0.2) is 23.8 Å². The minimum Gasteiger partial charge on any atom is -0.491 e. The van der Waals surface area contributed by atoms with Crippen LogP contribution in [0.2, 0.25) is 0 Å². The van der Waals surface area contributed by atoms with Crippen LogP contribution in [0.3, 0.4) is 0 Å². The zero-order valence-corrected chi connectivity index (χ0v) is 13.4. The average Bonchev–Trinajstić information content (AvgIpc) is 2.54. The summed E-state index contributed by atoms with van der Waals surface area (Å²) < 4.78 is 5.78. The number of nitrogens with one attached hydrogen (secondary N) is 1. The van der Waals surface area contributed by atoms with Crippen molar-refractivity contribution in [1.29, 1.82) is 0 Å². The van der Waals surface area contributed by atoms with Crippen LogP contribution in [0.5, 0.6) is 5.75 Å². The number of ether oxygens (including phenoxy) is 1. The fraction of sp³-hybridized carbons (Fsp3) is 0.400.